The molecule has 0 spiro atoms. The summed E-state index contributed by atoms with van der Waals surface area (Å²) >= 11 is 0. The minimum absolute atomic E-state index is 0. The number of likely N-dealkylation sites (N-methyl/N-ethyl adjacent to an activating group) is 1. The smallest absolute Gasteiger partial charge is 0.244 e. The SMILES string of the molecule is CN(CCc1ccccn1)C(=O)CNC(=O)C(C)(N)c1ccccc1.Cl.Cl. The van der Waals surface area contributed by atoms with Gasteiger partial charge in [0, 0.05) is 31.9 Å². The lowest BCUT2D eigenvalue weighted by Crippen LogP contribution is -2.51. The van der Waals surface area contributed by atoms with Crippen LogP contribution in [0.4, 0.5) is 0 Å². The molecule has 3 N–H and O–H groups in total. The number of hydrogen-bond acceptors (Lipinski definition) is 4. The van der Waals surface area contributed by atoms with Crippen molar-refractivity contribution in [1.82, 2.24) is 15.2 Å². The largest absolute Gasteiger partial charge is 0.345 e. The van der Waals surface area contributed by atoms with Crippen LogP contribution >= 0.6 is 24.8 Å². The molecule has 2 amide bonds. The molecular formula is C19H26Cl2N4O2. The molecule has 2 rings (SSSR count). The number of carbonyl (C=O) groups excluding carboxylic acids is 2. The Labute approximate surface area is 172 Å². The summed E-state index contributed by atoms with van der Waals surface area (Å²) in [5, 5.41) is 2.63. The number of amides is 2. The molecule has 0 radical (unpaired) electrons. The van der Waals surface area contributed by atoms with Gasteiger partial charge in [-0.2, -0.15) is 0 Å². The predicted molar refractivity (Wildman–Crippen MR) is 111 cm³/mol. The van der Waals surface area contributed by atoms with Crippen molar-refractivity contribution in [2.75, 3.05) is 20.1 Å². The highest BCUT2D eigenvalue weighted by atomic mass is 35.5. The van der Waals surface area contributed by atoms with Gasteiger partial charge in [0.25, 0.3) is 0 Å². The predicted octanol–water partition coefficient (Wildman–Crippen LogP) is 1.92. The summed E-state index contributed by atoms with van der Waals surface area (Å²) in [6.07, 6.45) is 2.39. The first-order chi connectivity index (χ1) is 11.9. The fourth-order valence-corrected chi connectivity index (χ4v) is 2.34. The van der Waals surface area contributed by atoms with Crippen LogP contribution in [0, 0.1) is 0 Å². The van der Waals surface area contributed by atoms with Crippen molar-refractivity contribution in [2.45, 2.75) is 18.9 Å². The summed E-state index contributed by atoms with van der Waals surface area (Å²) in [7, 11) is 1.70. The average Bonchev–Trinajstić information content (AvgIpc) is 2.65. The zero-order chi connectivity index (χ0) is 18.3. The maximum Gasteiger partial charge on any atom is 0.244 e. The van der Waals surface area contributed by atoms with Gasteiger partial charge >= 0.3 is 0 Å². The molecule has 8 heteroatoms. The Kier molecular flexibility index (Phi) is 10.6. The maximum absolute atomic E-state index is 12.4. The summed E-state index contributed by atoms with van der Waals surface area (Å²) in [6, 6.07) is 14.8. The van der Waals surface area contributed by atoms with Crippen LogP contribution < -0.4 is 11.1 Å². The maximum atomic E-state index is 12.4. The Balaban J connectivity index is 0.00000338. The quantitative estimate of drug-likeness (QED) is 0.726. The summed E-state index contributed by atoms with van der Waals surface area (Å²) in [4.78, 5) is 30.3. The molecule has 1 aromatic heterocycles. The molecule has 0 aliphatic carbocycles. The number of nitrogens with two attached hydrogens (primary N) is 1. The number of benzene rings is 1. The molecule has 6 nitrogen and oxygen atoms in total. The average molecular weight is 413 g/mol. The van der Waals surface area contributed by atoms with E-state index in [2.05, 4.69) is 10.3 Å². The lowest BCUT2D eigenvalue weighted by atomic mass is 9.92. The lowest BCUT2D eigenvalue weighted by Gasteiger charge is -2.25. The highest BCUT2D eigenvalue weighted by molar-refractivity contribution is 5.90. The van der Waals surface area contributed by atoms with Crippen LogP contribution in [-0.2, 0) is 21.5 Å². The van der Waals surface area contributed by atoms with Crippen LogP contribution in [0.15, 0.2) is 54.7 Å². The zero-order valence-electron chi connectivity index (χ0n) is 15.4. The van der Waals surface area contributed by atoms with E-state index in [4.69, 9.17) is 5.73 Å². The third kappa shape index (κ3) is 7.17. The van der Waals surface area contributed by atoms with Crippen molar-refractivity contribution in [3.8, 4) is 0 Å². The van der Waals surface area contributed by atoms with Gasteiger partial charge in [-0.1, -0.05) is 36.4 Å². The first kappa shape index (κ1) is 24.8. The number of nitrogens with one attached hydrogen (secondary N) is 1. The Hall–Kier alpha value is -2.15. The third-order valence-electron chi connectivity index (χ3n) is 4.10. The van der Waals surface area contributed by atoms with Gasteiger partial charge in [0.1, 0.15) is 5.54 Å². The normalized spacial score (nSPS) is 12.0. The third-order valence-corrected chi connectivity index (χ3v) is 4.10. The van der Waals surface area contributed by atoms with Gasteiger partial charge in [-0.3, -0.25) is 14.6 Å². The zero-order valence-corrected chi connectivity index (χ0v) is 17.1. The molecule has 0 saturated heterocycles. The second-order valence-corrected chi connectivity index (χ2v) is 6.14. The molecule has 0 bridgehead atoms. The molecule has 27 heavy (non-hydrogen) atoms. The van der Waals surface area contributed by atoms with Crippen LogP contribution in [0.3, 0.4) is 0 Å². The van der Waals surface area contributed by atoms with Gasteiger partial charge in [-0.15, -0.1) is 24.8 Å². The van der Waals surface area contributed by atoms with Crippen molar-refractivity contribution in [1.29, 1.82) is 0 Å². The van der Waals surface area contributed by atoms with Crippen LogP contribution in [-0.4, -0.2) is 41.8 Å². The van der Waals surface area contributed by atoms with Crippen molar-refractivity contribution in [3.05, 3.63) is 66.0 Å². The van der Waals surface area contributed by atoms with E-state index in [1.165, 1.54) is 0 Å². The molecule has 1 unspecified atom stereocenters. The first-order valence-corrected chi connectivity index (χ1v) is 8.18. The number of halogens is 2. The van der Waals surface area contributed by atoms with E-state index in [1.807, 2.05) is 36.4 Å². The number of carbonyl (C=O) groups is 2. The fraction of sp³-hybridized carbons (Fsp3) is 0.316. The Morgan fingerprint density at radius 3 is 2.33 bits per heavy atom. The summed E-state index contributed by atoms with van der Waals surface area (Å²) in [5.41, 5.74) is 6.57. The van der Waals surface area contributed by atoms with Crippen molar-refractivity contribution < 1.29 is 9.59 Å². The molecule has 1 heterocycles. The molecule has 0 fully saturated rings. The number of aromatic nitrogens is 1. The minimum Gasteiger partial charge on any atom is -0.345 e. The van der Waals surface area contributed by atoms with Crippen molar-refractivity contribution >= 4 is 36.6 Å². The van der Waals surface area contributed by atoms with E-state index in [-0.39, 0.29) is 43.2 Å². The number of hydrogen-bond donors (Lipinski definition) is 2. The van der Waals surface area contributed by atoms with Crippen LogP contribution in [0.2, 0.25) is 0 Å². The van der Waals surface area contributed by atoms with E-state index >= 15 is 0 Å². The van der Waals surface area contributed by atoms with E-state index < -0.39 is 5.54 Å². The lowest BCUT2D eigenvalue weighted by molar-refractivity contribution is -0.133. The molecule has 0 aliphatic heterocycles. The topological polar surface area (TPSA) is 88.3 Å². The summed E-state index contributed by atoms with van der Waals surface area (Å²) in [5.74, 6) is -0.557. The Morgan fingerprint density at radius 1 is 1.11 bits per heavy atom. The van der Waals surface area contributed by atoms with Gasteiger partial charge in [0.05, 0.1) is 6.54 Å². The standard InChI is InChI=1S/C19H24N4O2.2ClH/c1-19(20,15-8-4-3-5-9-15)18(25)22-14-17(24)23(2)13-11-16-10-6-7-12-21-16;;/h3-10,12H,11,13-14,20H2,1-2H3,(H,22,25);2*1H. The van der Waals surface area contributed by atoms with E-state index in [1.54, 1.807) is 37.2 Å². The van der Waals surface area contributed by atoms with E-state index in [9.17, 15) is 9.59 Å². The van der Waals surface area contributed by atoms with E-state index in [0.29, 0.717) is 18.5 Å². The Morgan fingerprint density at radius 2 is 1.74 bits per heavy atom. The second-order valence-electron chi connectivity index (χ2n) is 6.14. The minimum atomic E-state index is -1.19. The molecule has 0 aliphatic rings. The molecule has 0 saturated carbocycles. The fourth-order valence-electron chi connectivity index (χ4n) is 2.34. The van der Waals surface area contributed by atoms with Gasteiger partial charge in [0.15, 0.2) is 0 Å². The van der Waals surface area contributed by atoms with Gasteiger partial charge in [-0.25, -0.2) is 0 Å². The van der Waals surface area contributed by atoms with Gasteiger partial charge in [-0.05, 0) is 24.6 Å². The highest BCUT2D eigenvalue weighted by Gasteiger charge is 2.30. The van der Waals surface area contributed by atoms with Gasteiger partial charge in [0.2, 0.25) is 11.8 Å². The summed E-state index contributed by atoms with van der Waals surface area (Å²) < 4.78 is 0. The number of nitrogens with zero attached hydrogens (tertiary/aromatic N) is 2. The molecule has 1 aromatic carbocycles. The van der Waals surface area contributed by atoms with Gasteiger partial charge < -0.3 is 16.0 Å². The first-order valence-electron chi connectivity index (χ1n) is 8.18. The monoisotopic (exact) mass is 412 g/mol. The second kappa shape index (κ2) is 11.5. The highest BCUT2D eigenvalue weighted by Crippen LogP contribution is 2.17. The van der Waals surface area contributed by atoms with Crippen LogP contribution in [0.25, 0.3) is 0 Å². The van der Waals surface area contributed by atoms with Crippen molar-refractivity contribution in [2.24, 2.45) is 5.73 Å². The molecular weight excluding hydrogens is 387 g/mol. The number of pyridine rings is 1. The molecule has 148 valence electrons. The van der Waals surface area contributed by atoms with Crippen LogP contribution in [0.1, 0.15) is 18.2 Å². The van der Waals surface area contributed by atoms with Crippen LogP contribution in [0.5, 0.6) is 0 Å². The molecule has 2 aromatic rings. The van der Waals surface area contributed by atoms with E-state index in [0.717, 1.165) is 5.69 Å². The van der Waals surface area contributed by atoms with Crippen molar-refractivity contribution in [3.63, 3.8) is 0 Å². The number of rotatable bonds is 7. The molecule has 1 atom stereocenters. The summed E-state index contributed by atoms with van der Waals surface area (Å²) in [6.45, 7) is 2.08. The Bertz CT molecular complexity index is 712.